The Labute approximate surface area is 274 Å². The summed E-state index contributed by atoms with van der Waals surface area (Å²) in [4.78, 5) is 55.9. The molecule has 3 aliphatic carbocycles. The van der Waals surface area contributed by atoms with Crippen molar-refractivity contribution >= 4 is 17.9 Å². The fourth-order valence-corrected chi connectivity index (χ4v) is 9.41. The van der Waals surface area contributed by atoms with Crippen LogP contribution >= 0.6 is 0 Å². The molecule has 0 saturated heterocycles. The van der Waals surface area contributed by atoms with Crippen LogP contribution in [-0.2, 0) is 28.6 Å². The highest BCUT2D eigenvalue weighted by Crippen LogP contribution is 2.67. The number of hydrogen-bond acceptors (Lipinski definition) is 11. The topological polar surface area (TPSA) is 151 Å². The summed E-state index contributed by atoms with van der Waals surface area (Å²) in [6, 6.07) is 5.08. The first kappa shape index (κ1) is 33.2. The summed E-state index contributed by atoms with van der Waals surface area (Å²) >= 11 is 0. The van der Waals surface area contributed by atoms with Crippen molar-refractivity contribution in [3.05, 3.63) is 46.6 Å². The molecule has 3 heterocycles. The lowest BCUT2D eigenvalue weighted by molar-refractivity contribution is -0.272. The van der Waals surface area contributed by atoms with Gasteiger partial charge in [-0.3, -0.25) is 19.4 Å². The van der Waals surface area contributed by atoms with Crippen molar-refractivity contribution in [3.63, 3.8) is 0 Å². The van der Waals surface area contributed by atoms with Gasteiger partial charge >= 0.3 is 23.5 Å². The van der Waals surface area contributed by atoms with Gasteiger partial charge in [0.05, 0.1) is 12.0 Å². The summed E-state index contributed by atoms with van der Waals surface area (Å²) in [6.07, 6.45) is 6.10. The van der Waals surface area contributed by atoms with Crippen LogP contribution < -0.4 is 10.4 Å². The Balaban J connectivity index is 1.48. The van der Waals surface area contributed by atoms with Gasteiger partial charge in [0.15, 0.2) is 0 Å². The van der Waals surface area contributed by atoms with E-state index < -0.39 is 58.2 Å². The van der Waals surface area contributed by atoms with Gasteiger partial charge in [0.2, 0.25) is 0 Å². The van der Waals surface area contributed by atoms with Crippen LogP contribution in [0.25, 0.3) is 11.3 Å². The van der Waals surface area contributed by atoms with Crippen LogP contribution in [0.4, 0.5) is 0 Å². The van der Waals surface area contributed by atoms with Crippen molar-refractivity contribution in [2.45, 2.75) is 110 Å². The zero-order chi connectivity index (χ0) is 33.7. The lowest BCUT2D eigenvalue weighted by atomic mass is 9.42. The highest BCUT2D eigenvalue weighted by Gasteiger charge is 2.71. The molecule has 11 heteroatoms. The van der Waals surface area contributed by atoms with E-state index in [2.05, 4.69) is 4.98 Å². The van der Waals surface area contributed by atoms with Crippen LogP contribution in [0.1, 0.15) is 97.7 Å². The average Bonchev–Trinajstić information content (AvgIpc) is 3.03. The summed E-state index contributed by atoms with van der Waals surface area (Å²) in [5.41, 5.74) is -3.05. The molecule has 1 aliphatic heterocycles. The molecule has 2 aromatic rings. The van der Waals surface area contributed by atoms with E-state index >= 15 is 0 Å². The summed E-state index contributed by atoms with van der Waals surface area (Å²) in [7, 11) is 0. The Bertz CT molecular complexity index is 1580. The van der Waals surface area contributed by atoms with E-state index in [0.717, 1.165) is 32.1 Å². The predicted molar refractivity (Wildman–Crippen MR) is 168 cm³/mol. The van der Waals surface area contributed by atoms with Gasteiger partial charge in [-0.1, -0.05) is 33.1 Å². The quantitative estimate of drug-likeness (QED) is 0.319. The molecule has 3 fully saturated rings. The van der Waals surface area contributed by atoms with Gasteiger partial charge in [0, 0.05) is 49.2 Å². The predicted octanol–water partition coefficient (Wildman–Crippen LogP) is 5.32. The first-order chi connectivity index (χ1) is 22.3. The number of carbonyl (C=O) groups is 3. The van der Waals surface area contributed by atoms with Crippen LogP contribution in [-0.4, -0.2) is 52.4 Å². The van der Waals surface area contributed by atoms with Crippen LogP contribution in [0.5, 0.6) is 5.75 Å². The molecule has 0 bridgehead atoms. The summed E-state index contributed by atoms with van der Waals surface area (Å²) in [6.45, 7) is 8.45. The maximum absolute atomic E-state index is 13.8. The number of esters is 3. The third-order valence-electron chi connectivity index (χ3n) is 11.6. The Morgan fingerprint density at radius 3 is 2.43 bits per heavy atom. The van der Waals surface area contributed by atoms with E-state index in [9.17, 15) is 24.3 Å². The van der Waals surface area contributed by atoms with E-state index in [0.29, 0.717) is 24.8 Å². The Kier molecular flexibility index (Phi) is 8.74. The van der Waals surface area contributed by atoms with Crippen molar-refractivity contribution < 1.29 is 42.9 Å². The second-order valence-electron chi connectivity index (χ2n) is 14.6. The number of rotatable bonds is 6. The molecule has 11 nitrogen and oxygen atoms in total. The standard InChI is InChI=1S/C36H45NO10/c1-20(38)43-19-35(4)26-17-28(46-32(41)22-10-7-6-8-11-22)36(5)31(34(26,3)14-13-27(35)44-21(2)39)30(40)29-25(47-36)16-24(45-33(29)42)23-12-9-15-37-18-23/h9,12,15-16,18,22,26-28,30-31,40H,6-8,10-11,13-14,17,19H2,1-5H3/t26?,27-,28-,30-,31?,34-,35-,36+/m0/s1. The van der Waals surface area contributed by atoms with Gasteiger partial charge in [0.25, 0.3) is 0 Å². The number of ether oxygens (including phenoxy) is 4. The minimum Gasteiger partial charge on any atom is -0.482 e. The highest BCUT2D eigenvalue weighted by molar-refractivity contribution is 5.73. The van der Waals surface area contributed by atoms with Gasteiger partial charge in [-0.15, -0.1) is 0 Å². The number of pyridine rings is 1. The number of aliphatic hydroxyl groups is 1. The van der Waals surface area contributed by atoms with Crippen LogP contribution in [0.3, 0.4) is 0 Å². The molecule has 3 saturated carbocycles. The van der Waals surface area contributed by atoms with Crippen molar-refractivity contribution in [2.24, 2.45) is 28.6 Å². The Hall–Kier alpha value is -3.73. The van der Waals surface area contributed by atoms with E-state index in [-0.39, 0.29) is 41.5 Å². The van der Waals surface area contributed by atoms with E-state index in [4.69, 9.17) is 23.4 Å². The minimum absolute atomic E-state index is 0.00291. The van der Waals surface area contributed by atoms with Crippen LogP contribution in [0.15, 0.2) is 39.8 Å². The van der Waals surface area contributed by atoms with Crippen molar-refractivity contribution in [3.8, 4) is 17.1 Å². The Morgan fingerprint density at radius 2 is 1.77 bits per heavy atom. The summed E-state index contributed by atoms with van der Waals surface area (Å²) in [5, 5.41) is 12.3. The molecule has 0 radical (unpaired) electrons. The maximum Gasteiger partial charge on any atom is 0.345 e. The Morgan fingerprint density at radius 1 is 1.02 bits per heavy atom. The third kappa shape index (κ3) is 5.74. The number of nitrogens with zero attached hydrogens (tertiary/aromatic N) is 1. The zero-order valence-corrected chi connectivity index (χ0v) is 27.8. The van der Waals surface area contributed by atoms with Gasteiger partial charge in [-0.2, -0.15) is 0 Å². The van der Waals surface area contributed by atoms with Gasteiger partial charge < -0.3 is 28.5 Å². The zero-order valence-electron chi connectivity index (χ0n) is 27.8. The van der Waals surface area contributed by atoms with Gasteiger partial charge in [0.1, 0.15) is 41.5 Å². The molecule has 8 atom stereocenters. The molecule has 2 unspecified atom stereocenters. The van der Waals surface area contributed by atoms with E-state index in [1.807, 2.05) is 20.8 Å². The molecule has 254 valence electrons. The first-order valence-electron chi connectivity index (χ1n) is 16.7. The second-order valence-corrected chi connectivity index (χ2v) is 14.6. The summed E-state index contributed by atoms with van der Waals surface area (Å²) < 4.78 is 30.5. The molecular formula is C36H45NO10. The lowest BCUT2D eigenvalue weighted by Crippen LogP contribution is -2.71. The van der Waals surface area contributed by atoms with Gasteiger partial charge in [-0.25, -0.2) is 4.79 Å². The average molecular weight is 652 g/mol. The number of aliphatic hydroxyl groups excluding tert-OH is 1. The molecular weight excluding hydrogens is 606 g/mol. The molecule has 4 aliphatic rings. The molecule has 47 heavy (non-hydrogen) atoms. The maximum atomic E-state index is 13.8. The number of carbonyl (C=O) groups excluding carboxylic acids is 3. The molecule has 1 N–H and O–H groups in total. The lowest BCUT2D eigenvalue weighted by Gasteiger charge is -2.66. The number of hydrogen-bond donors (Lipinski definition) is 1. The SMILES string of the molecule is CC(=O)OC[C@@]1(C)C2C[C@H](OC(=O)C3CCCCC3)[C@@]3(C)Oc4cc(-c5cccnc5)oc(=O)c4[C@H](O)C3[C@@]2(C)CC[C@@H]1OC(C)=O. The summed E-state index contributed by atoms with van der Waals surface area (Å²) in [5.74, 6) is -2.19. The molecule has 2 aromatic heterocycles. The molecule has 0 amide bonds. The van der Waals surface area contributed by atoms with E-state index in [1.165, 1.54) is 13.8 Å². The smallest absolute Gasteiger partial charge is 0.345 e. The molecule has 0 spiro atoms. The van der Waals surface area contributed by atoms with Crippen molar-refractivity contribution in [1.82, 2.24) is 4.98 Å². The molecule has 6 rings (SSSR count). The highest BCUT2D eigenvalue weighted by atomic mass is 16.6. The monoisotopic (exact) mass is 651 g/mol. The fourth-order valence-electron chi connectivity index (χ4n) is 9.41. The van der Waals surface area contributed by atoms with E-state index in [1.54, 1.807) is 30.6 Å². The number of aromatic nitrogens is 1. The largest absolute Gasteiger partial charge is 0.482 e. The number of fused-ring (bicyclic) bond motifs is 4. The normalized spacial score (nSPS) is 34.9. The van der Waals surface area contributed by atoms with Crippen molar-refractivity contribution in [1.29, 1.82) is 0 Å². The van der Waals surface area contributed by atoms with Crippen LogP contribution in [0.2, 0.25) is 0 Å². The molecule has 0 aromatic carbocycles. The van der Waals surface area contributed by atoms with Crippen molar-refractivity contribution in [2.75, 3.05) is 6.61 Å². The third-order valence-corrected chi connectivity index (χ3v) is 11.6. The fraction of sp³-hybridized carbons (Fsp3) is 0.639. The second kappa shape index (κ2) is 12.4. The first-order valence-corrected chi connectivity index (χ1v) is 16.7. The van der Waals surface area contributed by atoms with Gasteiger partial charge in [-0.05, 0) is 62.5 Å². The minimum atomic E-state index is -1.34. The van der Waals surface area contributed by atoms with Crippen LogP contribution in [0, 0.1) is 28.6 Å².